The minimum atomic E-state index is -4.81. The monoisotopic (exact) mass is 472 g/mol. The molecule has 5 rings (SSSR count). The third kappa shape index (κ3) is 4.13. The Bertz CT molecular complexity index is 1370. The predicted molar refractivity (Wildman–Crippen MR) is 119 cm³/mol. The summed E-state index contributed by atoms with van der Waals surface area (Å²) in [4.78, 5) is 17.1. The van der Waals surface area contributed by atoms with E-state index in [1.54, 1.807) is 24.0 Å². The van der Waals surface area contributed by atoms with Gasteiger partial charge >= 0.3 is 6.18 Å². The van der Waals surface area contributed by atoms with E-state index in [0.29, 0.717) is 24.1 Å². The number of fused-ring (bicyclic) bond motifs is 3. The third-order valence-electron chi connectivity index (χ3n) is 6.01. The summed E-state index contributed by atoms with van der Waals surface area (Å²) in [5, 5.41) is 7.30. The Morgan fingerprint density at radius 3 is 2.79 bits per heavy atom. The Morgan fingerprint density at radius 2 is 2.12 bits per heavy atom. The van der Waals surface area contributed by atoms with Gasteiger partial charge in [-0.25, -0.2) is 0 Å². The van der Waals surface area contributed by atoms with E-state index in [1.807, 2.05) is 19.1 Å². The number of ether oxygens (including phenoxy) is 1. The molecule has 0 unspecified atom stereocenters. The molecule has 3 aromatic heterocycles. The molecule has 1 saturated heterocycles. The molecule has 0 saturated carbocycles. The smallest absolute Gasteiger partial charge is 0.421 e. The van der Waals surface area contributed by atoms with Crippen LogP contribution in [0, 0.1) is 13.8 Å². The number of pyridine rings is 1. The first-order valence-corrected chi connectivity index (χ1v) is 11.0. The van der Waals surface area contributed by atoms with Crippen molar-refractivity contribution in [2.45, 2.75) is 45.5 Å². The molecule has 0 bridgehead atoms. The van der Waals surface area contributed by atoms with Crippen molar-refractivity contribution in [3.63, 3.8) is 0 Å². The number of alkyl halides is 3. The number of amides is 1. The Labute approximate surface area is 192 Å². The number of rotatable bonds is 5. The Morgan fingerprint density at radius 1 is 1.29 bits per heavy atom. The molecule has 1 amide bonds. The van der Waals surface area contributed by atoms with Crippen molar-refractivity contribution in [3.05, 3.63) is 58.7 Å². The molecule has 178 valence electrons. The van der Waals surface area contributed by atoms with Gasteiger partial charge in [0, 0.05) is 30.9 Å². The lowest BCUT2D eigenvalue weighted by atomic mass is 10.0. The highest BCUT2D eigenvalue weighted by Gasteiger charge is 2.42. The average molecular weight is 472 g/mol. The Balaban J connectivity index is 1.58. The van der Waals surface area contributed by atoms with Gasteiger partial charge in [0.05, 0.1) is 23.7 Å². The van der Waals surface area contributed by atoms with Gasteiger partial charge in [-0.1, -0.05) is 6.07 Å². The van der Waals surface area contributed by atoms with Gasteiger partial charge in [0.25, 0.3) is 5.91 Å². The summed E-state index contributed by atoms with van der Waals surface area (Å²) in [6.07, 6.45) is 0.00271. The largest absolute Gasteiger partial charge is 0.450 e. The number of nitrogens with zero attached hydrogens (tertiary/aromatic N) is 3. The van der Waals surface area contributed by atoms with Crippen LogP contribution >= 0.6 is 0 Å². The van der Waals surface area contributed by atoms with Gasteiger partial charge in [0.15, 0.2) is 0 Å². The van der Waals surface area contributed by atoms with Crippen LogP contribution < -0.4 is 5.32 Å². The summed E-state index contributed by atoms with van der Waals surface area (Å²) in [6.45, 7) is 4.69. The van der Waals surface area contributed by atoms with Crippen LogP contribution in [-0.4, -0.2) is 39.9 Å². The van der Waals surface area contributed by atoms with Crippen LogP contribution in [0.25, 0.3) is 21.9 Å². The van der Waals surface area contributed by atoms with Crippen LogP contribution in [0.3, 0.4) is 0 Å². The normalized spacial score (nSPS) is 16.6. The first kappa shape index (κ1) is 22.4. The number of nitrogens with one attached hydrogen (secondary N) is 1. The zero-order valence-electron chi connectivity index (χ0n) is 18.7. The number of hydrogen-bond acceptors (Lipinski definition) is 5. The van der Waals surface area contributed by atoms with Crippen LogP contribution in [0.15, 0.2) is 35.0 Å². The molecule has 1 atom stereocenters. The quantitative estimate of drug-likeness (QED) is 0.453. The van der Waals surface area contributed by atoms with E-state index in [4.69, 9.17) is 9.15 Å². The number of aryl methyl sites for hydroxylation is 2. The summed E-state index contributed by atoms with van der Waals surface area (Å²) in [5.41, 5.74) is 1.42. The molecule has 4 aromatic rings. The fourth-order valence-electron chi connectivity index (χ4n) is 4.32. The van der Waals surface area contributed by atoms with Crippen molar-refractivity contribution in [3.8, 4) is 0 Å². The number of benzene rings is 1. The second kappa shape index (κ2) is 8.43. The fraction of sp³-hybridized carbons (Fsp3) is 0.375. The van der Waals surface area contributed by atoms with Gasteiger partial charge in [0.2, 0.25) is 5.76 Å². The van der Waals surface area contributed by atoms with Crippen molar-refractivity contribution < 1.29 is 27.1 Å². The molecule has 1 N–H and O–H groups in total. The molecule has 0 spiro atoms. The molecule has 1 fully saturated rings. The van der Waals surface area contributed by atoms with Crippen LogP contribution in [0.4, 0.5) is 13.2 Å². The summed E-state index contributed by atoms with van der Waals surface area (Å²) < 4.78 is 55.2. The molecule has 1 aliphatic rings. The molecule has 7 nitrogen and oxygen atoms in total. The van der Waals surface area contributed by atoms with E-state index in [1.165, 1.54) is 6.07 Å². The van der Waals surface area contributed by atoms with Gasteiger partial charge < -0.3 is 14.5 Å². The van der Waals surface area contributed by atoms with Gasteiger partial charge in [-0.05, 0) is 49.9 Å². The van der Waals surface area contributed by atoms with E-state index in [-0.39, 0.29) is 29.1 Å². The zero-order valence-corrected chi connectivity index (χ0v) is 18.7. The van der Waals surface area contributed by atoms with E-state index in [0.717, 1.165) is 24.1 Å². The van der Waals surface area contributed by atoms with Gasteiger partial charge in [-0.15, -0.1) is 0 Å². The highest BCUT2D eigenvalue weighted by molar-refractivity contribution is 6.10. The summed E-state index contributed by atoms with van der Waals surface area (Å²) in [6, 6.07) is 5.27. The number of hydrogen-bond donors (Lipinski definition) is 1. The van der Waals surface area contributed by atoms with Crippen LogP contribution in [0.1, 0.15) is 45.8 Å². The summed E-state index contributed by atoms with van der Waals surface area (Å²) >= 11 is 0. The van der Waals surface area contributed by atoms with Gasteiger partial charge in [-0.3, -0.25) is 14.5 Å². The second-order valence-electron chi connectivity index (χ2n) is 8.63. The molecular weight excluding hydrogens is 449 g/mol. The molecule has 0 radical (unpaired) electrons. The molecule has 4 heterocycles. The predicted octanol–water partition coefficient (Wildman–Crippen LogP) is 4.77. The highest BCUT2D eigenvalue weighted by atomic mass is 19.4. The summed E-state index contributed by atoms with van der Waals surface area (Å²) in [5.74, 6) is -1.68. The van der Waals surface area contributed by atoms with E-state index in [9.17, 15) is 18.0 Å². The highest BCUT2D eigenvalue weighted by Crippen LogP contribution is 2.43. The van der Waals surface area contributed by atoms with E-state index in [2.05, 4.69) is 15.4 Å². The number of furan rings is 1. The lowest BCUT2D eigenvalue weighted by Crippen LogP contribution is -2.32. The lowest BCUT2D eigenvalue weighted by molar-refractivity contribution is -0.137. The molecule has 10 heteroatoms. The zero-order chi connectivity index (χ0) is 24.0. The van der Waals surface area contributed by atoms with Crippen LogP contribution in [0.5, 0.6) is 0 Å². The fourth-order valence-corrected chi connectivity index (χ4v) is 4.32. The topological polar surface area (TPSA) is 82.2 Å². The Kier molecular flexibility index (Phi) is 5.55. The summed E-state index contributed by atoms with van der Waals surface area (Å²) in [7, 11) is 0. The van der Waals surface area contributed by atoms with Crippen molar-refractivity contribution in [1.82, 2.24) is 20.1 Å². The molecule has 1 aliphatic heterocycles. The third-order valence-corrected chi connectivity index (χ3v) is 6.01. The van der Waals surface area contributed by atoms with Gasteiger partial charge in [-0.2, -0.15) is 18.3 Å². The standard InChI is InChI=1S/C24H23F3N4O3/c1-13-5-6-15(28-9-13)11-31-12-17-14(2)8-18-19(21(17)30-31)20(24(25,26)27)22(34-18)23(32)29-10-16-4-3-7-33-16/h5-6,8-9,12,16H,3-4,7,10-11H2,1-2H3,(H,29,32)/t16-/m0/s1. The van der Waals surface area contributed by atoms with Crippen molar-refractivity contribution in [2.24, 2.45) is 0 Å². The van der Waals surface area contributed by atoms with E-state index < -0.39 is 23.4 Å². The SMILES string of the molecule is Cc1ccc(Cn2cc3c(C)cc4oc(C(=O)NC[C@@H]5CCCO5)c(C(F)(F)F)c4c3n2)nc1. The molecular formula is C24H23F3N4O3. The van der Waals surface area contributed by atoms with Crippen molar-refractivity contribution >= 4 is 27.8 Å². The van der Waals surface area contributed by atoms with Gasteiger partial charge in [0.1, 0.15) is 16.7 Å². The number of halogens is 3. The number of carbonyl (C=O) groups excluding carboxylic acids is 1. The van der Waals surface area contributed by atoms with Crippen molar-refractivity contribution in [2.75, 3.05) is 13.2 Å². The van der Waals surface area contributed by atoms with E-state index >= 15 is 0 Å². The average Bonchev–Trinajstić information content (AvgIpc) is 3.51. The lowest BCUT2D eigenvalue weighted by Gasteiger charge is -2.11. The van der Waals surface area contributed by atoms with Crippen LogP contribution in [-0.2, 0) is 17.5 Å². The first-order valence-electron chi connectivity index (χ1n) is 11.0. The second-order valence-corrected chi connectivity index (χ2v) is 8.63. The van der Waals surface area contributed by atoms with Crippen molar-refractivity contribution in [1.29, 1.82) is 0 Å². The van der Waals surface area contributed by atoms with Crippen LogP contribution in [0.2, 0.25) is 0 Å². The Hall–Kier alpha value is -3.40. The number of carbonyl (C=O) groups is 1. The molecule has 0 aliphatic carbocycles. The number of aromatic nitrogens is 3. The maximum atomic E-state index is 14.2. The minimum absolute atomic E-state index is 0.0293. The molecule has 34 heavy (non-hydrogen) atoms. The maximum Gasteiger partial charge on any atom is 0.421 e. The first-order chi connectivity index (χ1) is 16.2. The maximum absolute atomic E-state index is 14.2. The molecule has 1 aromatic carbocycles. The minimum Gasteiger partial charge on any atom is -0.450 e.